The molecule has 0 spiro atoms. The molecule has 0 unspecified atom stereocenters. The summed E-state index contributed by atoms with van der Waals surface area (Å²) in [7, 11) is 1.33. The fraction of sp³-hybridized carbons (Fsp3) is 0.0952. The average molecular weight is 394 g/mol. The number of esters is 1. The quantitative estimate of drug-likeness (QED) is 0.445. The Kier molecular flexibility index (Phi) is 5.07. The molecule has 2 heterocycles. The summed E-state index contributed by atoms with van der Waals surface area (Å²) in [6.45, 7) is 0.177. The van der Waals surface area contributed by atoms with E-state index in [0.717, 1.165) is 0 Å². The van der Waals surface area contributed by atoms with Gasteiger partial charge in [0.1, 0.15) is 23.9 Å². The number of hydrogen-bond donors (Lipinski definition) is 0. The number of carbonyl (C=O) groups excluding carboxylic acids is 1. The number of ether oxygens (including phenoxy) is 2. The van der Waals surface area contributed by atoms with E-state index in [-0.39, 0.29) is 18.3 Å². The van der Waals surface area contributed by atoms with Crippen molar-refractivity contribution < 1.29 is 27.6 Å². The third-order valence-corrected chi connectivity index (χ3v) is 4.06. The summed E-state index contributed by atoms with van der Waals surface area (Å²) >= 11 is 0. The molecule has 0 bridgehead atoms. The van der Waals surface area contributed by atoms with Crippen LogP contribution in [0.25, 0.3) is 23.0 Å². The van der Waals surface area contributed by atoms with Crippen molar-refractivity contribution in [2.75, 3.05) is 7.11 Å². The number of aromatic nitrogens is 2. The second kappa shape index (κ2) is 7.97. The number of hydrogen-bond acceptors (Lipinski definition) is 7. The highest BCUT2D eigenvalue weighted by molar-refractivity contribution is 5.89. The van der Waals surface area contributed by atoms with Crippen LogP contribution in [0, 0.1) is 5.82 Å². The summed E-state index contributed by atoms with van der Waals surface area (Å²) in [6, 6.07) is 15.8. The molecule has 0 N–H and O–H groups in total. The predicted molar refractivity (Wildman–Crippen MR) is 99.5 cm³/mol. The summed E-state index contributed by atoms with van der Waals surface area (Å²) in [4.78, 5) is 15.7. The molecular weight excluding hydrogens is 379 g/mol. The molecule has 7 nitrogen and oxygen atoms in total. The second-order valence-electron chi connectivity index (χ2n) is 6.00. The molecule has 0 saturated carbocycles. The van der Waals surface area contributed by atoms with Gasteiger partial charge in [0.25, 0.3) is 5.89 Å². The maximum Gasteiger partial charge on any atom is 0.337 e. The van der Waals surface area contributed by atoms with Crippen molar-refractivity contribution in [1.29, 1.82) is 0 Å². The smallest absolute Gasteiger partial charge is 0.337 e. The Balaban J connectivity index is 1.41. The van der Waals surface area contributed by atoms with Crippen molar-refractivity contribution in [2.45, 2.75) is 6.61 Å². The van der Waals surface area contributed by atoms with Gasteiger partial charge in [0.2, 0.25) is 5.82 Å². The van der Waals surface area contributed by atoms with E-state index in [1.807, 2.05) is 0 Å². The lowest BCUT2D eigenvalue weighted by molar-refractivity contribution is 0.0600. The van der Waals surface area contributed by atoms with Crippen molar-refractivity contribution >= 4 is 5.97 Å². The highest BCUT2D eigenvalue weighted by Crippen LogP contribution is 2.25. The summed E-state index contributed by atoms with van der Waals surface area (Å²) in [5.74, 6) is 1.31. The van der Waals surface area contributed by atoms with Crippen molar-refractivity contribution in [2.24, 2.45) is 0 Å². The molecule has 2 aromatic carbocycles. The largest absolute Gasteiger partial charge is 0.486 e. The van der Waals surface area contributed by atoms with Crippen molar-refractivity contribution in [3.8, 4) is 28.8 Å². The zero-order chi connectivity index (χ0) is 20.2. The number of furan rings is 1. The first-order valence-corrected chi connectivity index (χ1v) is 8.62. The fourth-order valence-corrected chi connectivity index (χ4v) is 2.57. The van der Waals surface area contributed by atoms with Crippen molar-refractivity contribution in [3.05, 3.63) is 77.8 Å². The van der Waals surface area contributed by atoms with Crippen LogP contribution in [-0.4, -0.2) is 23.2 Å². The molecule has 0 radical (unpaired) electrons. The van der Waals surface area contributed by atoms with E-state index < -0.39 is 5.97 Å². The molecule has 4 aromatic rings. The van der Waals surface area contributed by atoms with E-state index in [0.29, 0.717) is 34.2 Å². The van der Waals surface area contributed by atoms with E-state index in [9.17, 15) is 9.18 Å². The molecule has 4 rings (SSSR count). The lowest BCUT2D eigenvalue weighted by Gasteiger charge is -2.05. The van der Waals surface area contributed by atoms with E-state index in [1.165, 1.54) is 19.2 Å². The predicted octanol–water partition coefficient (Wildman–Crippen LogP) is 4.50. The summed E-state index contributed by atoms with van der Waals surface area (Å²) < 4.78 is 34.2. The van der Waals surface area contributed by atoms with Gasteiger partial charge in [-0.25, -0.2) is 9.18 Å². The van der Waals surface area contributed by atoms with Crippen LogP contribution in [0.15, 0.2) is 69.6 Å². The highest BCUT2D eigenvalue weighted by atomic mass is 19.1. The van der Waals surface area contributed by atoms with Crippen molar-refractivity contribution in [3.63, 3.8) is 0 Å². The van der Waals surface area contributed by atoms with Gasteiger partial charge in [-0.15, -0.1) is 0 Å². The van der Waals surface area contributed by atoms with E-state index in [4.69, 9.17) is 13.7 Å². The van der Waals surface area contributed by atoms with E-state index in [1.54, 1.807) is 48.5 Å². The van der Waals surface area contributed by atoms with Gasteiger partial charge in [0.05, 0.1) is 12.7 Å². The van der Waals surface area contributed by atoms with Crippen LogP contribution < -0.4 is 4.74 Å². The first kappa shape index (κ1) is 18.4. The highest BCUT2D eigenvalue weighted by Gasteiger charge is 2.15. The maximum atomic E-state index is 13.0. The van der Waals surface area contributed by atoms with Crippen LogP contribution in [0.4, 0.5) is 4.39 Å². The number of nitrogens with zero attached hydrogens (tertiary/aromatic N) is 2. The first-order valence-electron chi connectivity index (χ1n) is 8.62. The number of carbonyl (C=O) groups is 1. The first-order chi connectivity index (χ1) is 14.1. The molecule has 0 aliphatic rings. The third kappa shape index (κ3) is 4.16. The van der Waals surface area contributed by atoms with E-state index in [2.05, 4.69) is 14.9 Å². The zero-order valence-corrected chi connectivity index (χ0v) is 15.3. The molecule has 0 aliphatic carbocycles. The van der Waals surface area contributed by atoms with Crippen LogP contribution in [0.1, 0.15) is 16.1 Å². The van der Waals surface area contributed by atoms with Crippen LogP contribution in [0.2, 0.25) is 0 Å². The van der Waals surface area contributed by atoms with Gasteiger partial charge in [0, 0.05) is 5.56 Å². The van der Waals surface area contributed by atoms with Crippen molar-refractivity contribution in [1.82, 2.24) is 10.1 Å². The molecule has 0 saturated heterocycles. The fourth-order valence-electron chi connectivity index (χ4n) is 2.57. The molecule has 0 fully saturated rings. The number of halogens is 1. The average Bonchev–Trinajstić information content (AvgIpc) is 3.42. The van der Waals surface area contributed by atoms with Gasteiger partial charge in [-0.1, -0.05) is 5.16 Å². The summed E-state index contributed by atoms with van der Waals surface area (Å²) in [6.07, 6.45) is 0. The van der Waals surface area contributed by atoms with Crippen LogP contribution >= 0.6 is 0 Å². The maximum absolute atomic E-state index is 13.0. The minimum absolute atomic E-state index is 0.177. The standard InChI is InChI=1S/C21H15FN2O5/c1-26-21(25)14-4-8-16(9-5-14)27-12-17-10-11-18(28-17)20-23-19(24-29-20)13-2-6-15(22)7-3-13/h2-11H,12H2,1H3. The Labute approximate surface area is 164 Å². The Morgan fingerprint density at radius 2 is 1.79 bits per heavy atom. The molecule has 2 aromatic heterocycles. The third-order valence-electron chi connectivity index (χ3n) is 4.06. The topological polar surface area (TPSA) is 87.6 Å². The summed E-state index contributed by atoms with van der Waals surface area (Å²) in [5.41, 5.74) is 1.07. The monoisotopic (exact) mass is 394 g/mol. The summed E-state index contributed by atoms with van der Waals surface area (Å²) in [5, 5.41) is 3.89. The SMILES string of the molecule is COC(=O)c1ccc(OCc2ccc(-c3nc(-c4ccc(F)cc4)no3)o2)cc1. The van der Waals surface area contributed by atoms with Gasteiger partial charge < -0.3 is 18.4 Å². The Morgan fingerprint density at radius 3 is 2.52 bits per heavy atom. The minimum atomic E-state index is -0.410. The second-order valence-corrected chi connectivity index (χ2v) is 6.00. The van der Waals surface area contributed by atoms with Crippen LogP contribution in [0.3, 0.4) is 0 Å². The lowest BCUT2D eigenvalue weighted by atomic mass is 10.2. The van der Waals surface area contributed by atoms with Crippen LogP contribution in [-0.2, 0) is 11.3 Å². The molecule has 8 heteroatoms. The van der Waals surface area contributed by atoms with Gasteiger partial charge in [-0.2, -0.15) is 4.98 Å². The Morgan fingerprint density at radius 1 is 1.03 bits per heavy atom. The van der Waals surface area contributed by atoms with Gasteiger partial charge in [-0.3, -0.25) is 0 Å². The molecule has 29 heavy (non-hydrogen) atoms. The molecule has 0 aliphatic heterocycles. The Bertz CT molecular complexity index is 1120. The molecule has 0 amide bonds. The normalized spacial score (nSPS) is 10.7. The minimum Gasteiger partial charge on any atom is -0.486 e. The van der Waals surface area contributed by atoms with Gasteiger partial charge >= 0.3 is 5.97 Å². The molecule has 0 atom stereocenters. The lowest BCUT2D eigenvalue weighted by Crippen LogP contribution is -2.01. The number of rotatable bonds is 6. The van der Waals surface area contributed by atoms with E-state index >= 15 is 0 Å². The number of methoxy groups -OCH3 is 1. The van der Waals surface area contributed by atoms with Gasteiger partial charge in [-0.05, 0) is 60.7 Å². The van der Waals surface area contributed by atoms with Gasteiger partial charge in [0.15, 0.2) is 5.76 Å². The number of benzene rings is 2. The molecular formula is C21H15FN2O5. The zero-order valence-electron chi connectivity index (χ0n) is 15.3. The van der Waals surface area contributed by atoms with Crippen LogP contribution in [0.5, 0.6) is 5.75 Å². The molecule has 146 valence electrons. The Hall–Kier alpha value is -3.94.